The van der Waals surface area contributed by atoms with Gasteiger partial charge in [-0.2, -0.15) is 4.98 Å². The van der Waals surface area contributed by atoms with Crippen LogP contribution >= 0.6 is 0 Å². The quantitative estimate of drug-likeness (QED) is 0.558. The van der Waals surface area contributed by atoms with Gasteiger partial charge in [-0.15, -0.1) is 0 Å². The molecule has 2 aromatic rings. The minimum atomic E-state index is -0.287. The van der Waals surface area contributed by atoms with E-state index in [1.54, 1.807) is 7.05 Å². The summed E-state index contributed by atoms with van der Waals surface area (Å²) in [4.78, 5) is 21.3. The van der Waals surface area contributed by atoms with E-state index in [9.17, 15) is 4.79 Å². The first-order valence-electron chi connectivity index (χ1n) is 3.14. The van der Waals surface area contributed by atoms with Gasteiger partial charge in [0.15, 0.2) is 5.65 Å². The van der Waals surface area contributed by atoms with E-state index in [0.717, 1.165) is 5.52 Å². The Balaban J connectivity index is 3.04. The van der Waals surface area contributed by atoms with E-state index in [1.165, 1.54) is 17.1 Å². The van der Waals surface area contributed by atoms with Crippen LogP contribution in [0.25, 0.3) is 11.2 Å². The van der Waals surface area contributed by atoms with Crippen LogP contribution in [0.15, 0.2) is 17.3 Å². The molecule has 0 aliphatic carbocycles. The second-order valence-electron chi connectivity index (χ2n) is 2.24. The Morgan fingerprint density at radius 3 is 3.18 bits per heavy atom. The lowest BCUT2D eigenvalue weighted by Gasteiger charge is -1.93. The summed E-state index contributed by atoms with van der Waals surface area (Å²) in [7, 11) is 1.64. The second-order valence-corrected chi connectivity index (χ2v) is 2.24. The van der Waals surface area contributed by atoms with Crippen molar-refractivity contribution in [1.82, 2.24) is 19.5 Å². The Labute approximate surface area is 61.7 Å². The molecule has 0 saturated heterocycles. The fourth-order valence-corrected chi connectivity index (χ4v) is 0.956. The van der Waals surface area contributed by atoms with Crippen molar-refractivity contribution in [2.24, 2.45) is 7.05 Å². The molecule has 0 aliphatic rings. The molecular formula is C6H6N4O. The average molecular weight is 150 g/mol. The standard InChI is InChI=1S/C6H6N4O/c1-10-5-4(8-3-9-5)2-7-6(10)11/h2-3H,1H3,(H,8,9). The molecule has 2 rings (SSSR count). The third-order valence-corrected chi connectivity index (χ3v) is 1.56. The Hall–Kier alpha value is -1.65. The van der Waals surface area contributed by atoms with Gasteiger partial charge in [0.1, 0.15) is 5.52 Å². The number of rotatable bonds is 0. The fourth-order valence-electron chi connectivity index (χ4n) is 0.956. The topological polar surface area (TPSA) is 63.6 Å². The molecule has 5 heteroatoms. The molecule has 2 aromatic heterocycles. The third kappa shape index (κ3) is 0.739. The lowest BCUT2D eigenvalue weighted by molar-refractivity contribution is 0.841. The third-order valence-electron chi connectivity index (χ3n) is 1.56. The van der Waals surface area contributed by atoms with E-state index in [0.29, 0.717) is 5.65 Å². The summed E-state index contributed by atoms with van der Waals surface area (Å²) in [6.45, 7) is 0. The molecule has 5 nitrogen and oxygen atoms in total. The zero-order valence-electron chi connectivity index (χ0n) is 5.90. The molecule has 56 valence electrons. The summed E-state index contributed by atoms with van der Waals surface area (Å²) in [6.07, 6.45) is 3.01. The summed E-state index contributed by atoms with van der Waals surface area (Å²) in [6, 6.07) is 0. The zero-order valence-corrected chi connectivity index (χ0v) is 5.90. The Kier molecular flexibility index (Phi) is 1.06. The van der Waals surface area contributed by atoms with E-state index in [4.69, 9.17) is 0 Å². The number of nitrogens with zero attached hydrogens (tertiary/aromatic N) is 3. The average Bonchev–Trinajstić information content (AvgIpc) is 2.45. The Morgan fingerprint density at radius 2 is 2.36 bits per heavy atom. The molecule has 0 spiro atoms. The highest BCUT2D eigenvalue weighted by molar-refractivity contribution is 5.68. The van der Waals surface area contributed by atoms with Crippen molar-refractivity contribution in [3.05, 3.63) is 23.0 Å². The maximum Gasteiger partial charge on any atom is 0.349 e. The molecule has 0 unspecified atom stereocenters. The summed E-state index contributed by atoms with van der Waals surface area (Å²) in [5, 5.41) is 0. The highest BCUT2D eigenvalue weighted by Gasteiger charge is 1.99. The van der Waals surface area contributed by atoms with Crippen LogP contribution in [0.5, 0.6) is 0 Å². The van der Waals surface area contributed by atoms with Crippen LogP contribution in [0.3, 0.4) is 0 Å². The first-order chi connectivity index (χ1) is 5.29. The molecule has 0 saturated carbocycles. The number of nitrogens with one attached hydrogen (secondary N) is 1. The van der Waals surface area contributed by atoms with Gasteiger partial charge in [-0.25, -0.2) is 9.78 Å². The number of hydrogen-bond donors (Lipinski definition) is 1. The number of fused-ring (bicyclic) bond motifs is 1. The van der Waals surface area contributed by atoms with E-state index in [-0.39, 0.29) is 5.69 Å². The van der Waals surface area contributed by atoms with Crippen molar-refractivity contribution < 1.29 is 0 Å². The number of aryl methyl sites for hydroxylation is 1. The smallest absolute Gasteiger partial charge is 0.342 e. The number of hydrogen-bond acceptors (Lipinski definition) is 3. The lowest BCUT2D eigenvalue weighted by Crippen LogP contribution is -2.19. The SMILES string of the molecule is Cn1c(=O)ncc2[nH]cnc21. The maximum absolute atomic E-state index is 10.9. The van der Waals surface area contributed by atoms with Gasteiger partial charge in [0.25, 0.3) is 0 Å². The molecule has 0 atom stereocenters. The van der Waals surface area contributed by atoms with Crippen molar-refractivity contribution >= 4 is 11.2 Å². The molecule has 0 amide bonds. The van der Waals surface area contributed by atoms with Crippen molar-refractivity contribution in [1.29, 1.82) is 0 Å². The lowest BCUT2D eigenvalue weighted by atomic mass is 10.5. The van der Waals surface area contributed by atoms with Gasteiger partial charge in [0, 0.05) is 7.05 Å². The summed E-state index contributed by atoms with van der Waals surface area (Å²) in [5.41, 5.74) is 1.11. The summed E-state index contributed by atoms with van der Waals surface area (Å²) < 4.78 is 1.39. The largest absolute Gasteiger partial charge is 0.349 e. The predicted octanol–water partition coefficient (Wildman–Crippen LogP) is -0.343. The highest BCUT2D eigenvalue weighted by Crippen LogP contribution is 2.00. The molecule has 2 heterocycles. The van der Waals surface area contributed by atoms with Crippen molar-refractivity contribution in [2.45, 2.75) is 0 Å². The maximum atomic E-state index is 10.9. The van der Waals surface area contributed by atoms with Gasteiger partial charge in [-0.1, -0.05) is 0 Å². The Bertz CT molecular complexity index is 441. The molecular weight excluding hydrogens is 144 g/mol. The number of aromatic amines is 1. The number of aromatic nitrogens is 4. The molecule has 0 fully saturated rings. The van der Waals surface area contributed by atoms with E-state index < -0.39 is 0 Å². The normalized spacial score (nSPS) is 10.6. The molecule has 0 aromatic carbocycles. The molecule has 0 radical (unpaired) electrons. The van der Waals surface area contributed by atoms with Crippen LogP contribution in [0.2, 0.25) is 0 Å². The van der Waals surface area contributed by atoms with Gasteiger partial charge >= 0.3 is 5.69 Å². The van der Waals surface area contributed by atoms with Gasteiger partial charge < -0.3 is 4.98 Å². The van der Waals surface area contributed by atoms with Crippen LogP contribution in [-0.2, 0) is 7.05 Å². The van der Waals surface area contributed by atoms with Crippen LogP contribution in [0.1, 0.15) is 0 Å². The minimum Gasteiger partial charge on any atom is -0.342 e. The second kappa shape index (κ2) is 1.91. The van der Waals surface area contributed by atoms with Crippen LogP contribution in [-0.4, -0.2) is 19.5 Å². The first-order valence-corrected chi connectivity index (χ1v) is 3.14. The van der Waals surface area contributed by atoms with Crippen molar-refractivity contribution in [3.8, 4) is 0 Å². The van der Waals surface area contributed by atoms with E-state index >= 15 is 0 Å². The summed E-state index contributed by atoms with van der Waals surface area (Å²) in [5.74, 6) is 0. The minimum absolute atomic E-state index is 0.287. The zero-order chi connectivity index (χ0) is 7.84. The Morgan fingerprint density at radius 1 is 1.55 bits per heavy atom. The first kappa shape index (κ1) is 6.09. The molecule has 0 aliphatic heterocycles. The predicted molar refractivity (Wildman–Crippen MR) is 39.1 cm³/mol. The molecule has 11 heavy (non-hydrogen) atoms. The molecule has 0 bridgehead atoms. The highest BCUT2D eigenvalue weighted by atomic mass is 16.1. The monoisotopic (exact) mass is 150 g/mol. The van der Waals surface area contributed by atoms with Crippen LogP contribution in [0, 0.1) is 0 Å². The van der Waals surface area contributed by atoms with Gasteiger partial charge in [0.05, 0.1) is 12.5 Å². The van der Waals surface area contributed by atoms with Gasteiger partial charge in [-0.05, 0) is 0 Å². The fraction of sp³-hybridized carbons (Fsp3) is 0.167. The van der Waals surface area contributed by atoms with E-state index in [1.807, 2.05) is 0 Å². The van der Waals surface area contributed by atoms with E-state index in [2.05, 4.69) is 15.0 Å². The molecule has 1 N–H and O–H groups in total. The number of H-pyrrole nitrogens is 1. The van der Waals surface area contributed by atoms with Gasteiger partial charge in [0.2, 0.25) is 0 Å². The van der Waals surface area contributed by atoms with Crippen molar-refractivity contribution in [3.63, 3.8) is 0 Å². The van der Waals surface area contributed by atoms with Gasteiger partial charge in [-0.3, -0.25) is 4.57 Å². The summed E-state index contributed by atoms with van der Waals surface area (Å²) >= 11 is 0. The number of imidazole rings is 1. The van der Waals surface area contributed by atoms with Crippen LogP contribution in [0.4, 0.5) is 0 Å². The van der Waals surface area contributed by atoms with Crippen LogP contribution < -0.4 is 5.69 Å². The van der Waals surface area contributed by atoms with Crippen molar-refractivity contribution in [2.75, 3.05) is 0 Å².